The smallest absolute Gasteiger partial charge is 0.124 e. The monoisotopic (exact) mass is 299 g/mol. The second kappa shape index (κ2) is 5.31. The molecule has 2 rings (SSSR count). The lowest BCUT2D eigenvalue weighted by atomic mass is 10.0. The molecule has 0 atom stereocenters. The van der Waals surface area contributed by atoms with Gasteiger partial charge in [0.2, 0.25) is 0 Å². The Morgan fingerprint density at radius 1 is 1.32 bits per heavy atom. The van der Waals surface area contributed by atoms with Gasteiger partial charge in [0.1, 0.15) is 5.82 Å². The molecule has 0 amide bonds. The molecule has 2 aromatic rings. The van der Waals surface area contributed by atoms with Crippen LogP contribution in [0.5, 0.6) is 0 Å². The van der Waals surface area contributed by atoms with E-state index in [1.165, 1.54) is 0 Å². The summed E-state index contributed by atoms with van der Waals surface area (Å²) in [5, 5.41) is 0.699. The van der Waals surface area contributed by atoms with E-state index in [1.54, 1.807) is 0 Å². The molecule has 0 unspecified atom stereocenters. The fourth-order valence-electron chi connectivity index (χ4n) is 1.96. The van der Waals surface area contributed by atoms with Crippen molar-refractivity contribution in [1.82, 2.24) is 14.5 Å². The molecule has 104 valence electrons. The molecule has 1 aromatic heterocycles. The maximum absolute atomic E-state index is 6.02. The first kappa shape index (κ1) is 14.6. The molecule has 0 aliphatic heterocycles. The standard InChI is InChI=1S/C14H19Cl2N3/c1-14(2,18(3)4)9-19-12-6-5-10(16)7-11(12)17-13(19)8-15/h5-7H,8-9H2,1-4H3. The first-order valence-electron chi connectivity index (χ1n) is 6.23. The molecular weight excluding hydrogens is 281 g/mol. The number of hydrogen-bond donors (Lipinski definition) is 0. The predicted molar refractivity (Wildman–Crippen MR) is 82.1 cm³/mol. The summed E-state index contributed by atoms with van der Waals surface area (Å²) in [5.74, 6) is 1.28. The average Bonchev–Trinajstić information content (AvgIpc) is 2.65. The van der Waals surface area contributed by atoms with Gasteiger partial charge in [0.25, 0.3) is 0 Å². The van der Waals surface area contributed by atoms with E-state index in [-0.39, 0.29) is 5.54 Å². The maximum Gasteiger partial charge on any atom is 0.124 e. The molecule has 0 N–H and O–H groups in total. The van der Waals surface area contributed by atoms with Gasteiger partial charge in [-0.3, -0.25) is 0 Å². The zero-order chi connectivity index (χ0) is 14.2. The molecule has 1 aromatic carbocycles. The summed E-state index contributed by atoms with van der Waals surface area (Å²) in [4.78, 5) is 6.76. The molecule has 0 fully saturated rings. The fourth-order valence-corrected chi connectivity index (χ4v) is 2.33. The minimum Gasteiger partial charge on any atom is -0.325 e. The number of likely N-dealkylation sites (N-methyl/N-ethyl adjacent to an activating group) is 1. The molecule has 0 aliphatic rings. The molecule has 1 heterocycles. The van der Waals surface area contributed by atoms with E-state index in [0.717, 1.165) is 23.4 Å². The molecule has 0 radical (unpaired) electrons. The number of halogens is 2. The average molecular weight is 300 g/mol. The highest BCUT2D eigenvalue weighted by molar-refractivity contribution is 6.31. The summed E-state index contributed by atoms with van der Waals surface area (Å²) in [7, 11) is 4.16. The Labute approximate surface area is 124 Å². The summed E-state index contributed by atoms with van der Waals surface area (Å²) in [6, 6.07) is 5.78. The van der Waals surface area contributed by atoms with E-state index in [0.29, 0.717) is 10.9 Å². The SMILES string of the molecule is CN(C)C(C)(C)Cn1c(CCl)nc2cc(Cl)ccc21. The normalized spacial score (nSPS) is 12.6. The molecule has 0 aliphatic carbocycles. The third kappa shape index (κ3) is 2.88. The zero-order valence-corrected chi connectivity index (χ0v) is 13.3. The van der Waals surface area contributed by atoms with Gasteiger partial charge in [-0.1, -0.05) is 11.6 Å². The Balaban J connectivity index is 2.52. The second-order valence-corrected chi connectivity index (χ2v) is 6.29. The maximum atomic E-state index is 6.02. The van der Waals surface area contributed by atoms with Crippen LogP contribution in [0, 0.1) is 0 Å². The summed E-state index contributed by atoms with van der Waals surface area (Å²) in [6.07, 6.45) is 0. The topological polar surface area (TPSA) is 21.1 Å². The van der Waals surface area contributed by atoms with Gasteiger partial charge in [0.05, 0.1) is 16.9 Å². The summed E-state index contributed by atoms with van der Waals surface area (Å²) in [6.45, 7) is 5.24. The number of benzene rings is 1. The van der Waals surface area contributed by atoms with Crippen LogP contribution in [0.2, 0.25) is 5.02 Å². The Morgan fingerprint density at radius 2 is 2.00 bits per heavy atom. The lowest BCUT2D eigenvalue weighted by Gasteiger charge is -2.33. The van der Waals surface area contributed by atoms with Crippen molar-refractivity contribution >= 4 is 34.2 Å². The number of fused-ring (bicyclic) bond motifs is 1. The second-order valence-electron chi connectivity index (χ2n) is 5.59. The molecule has 5 heteroatoms. The molecule has 0 saturated carbocycles. The summed E-state index contributed by atoms with van der Waals surface area (Å²) >= 11 is 12.0. The minimum atomic E-state index is 0.0219. The highest BCUT2D eigenvalue weighted by atomic mass is 35.5. The van der Waals surface area contributed by atoms with Crippen molar-refractivity contribution in [3.8, 4) is 0 Å². The van der Waals surface area contributed by atoms with E-state index < -0.39 is 0 Å². The first-order valence-corrected chi connectivity index (χ1v) is 7.14. The van der Waals surface area contributed by atoms with Crippen molar-refractivity contribution < 1.29 is 0 Å². The van der Waals surface area contributed by atoms with Gasteiger partial charge in [0.15, 0.2) is 0 Å². The molecular formula is C14H19Cl2N3. The lowest BCUT2D eigenvalue weighted by Crippen LogP contribution is -2.42. The van der Waals surface area contributed by atoms with E-state index in [9.17, 15) is 0 Å². The van der Waals surface area contributed by atoms with Crippen LogP contribution in [-0.4, -0.2) is 34.1 Å². The molecule has 0 bridgehead atoms. The molecule has 3 nitrogen and oxygen atoms in total. The molecule has 19 heavy (non-hydrogen) atoms. The van der Waals surface area contributed by atoms with Crippen LogP contribution in [0.25, 0.3) is 11.0 Å². The Bertz CT molecular complexity index is 588. The predicted octanol–water partition coefficient (Wildman–Crippen LogP) is 3.77. The van der Waals surface area contributed by atoms with Crippen molar-refractivity contribution in [3.63, 3.8) is 0 Å². The van der Waals surface area contributed by atoms with Crippen molar-refractivity contribution in [3.05, 3.63) is 29.0 Å². The van der Waals surface area contributed by atoms with Gasteiger partial charge in [0, 0.05) is 17.1 Å². The number of hydrogen-bond acceptors (Lipinski definition) is 2. The van der Waals surface area contributed by atoms with Crippen LogP contribution in [0.4, 0.5) is 0 Å². The summed E-state index contributed by atoms with van der Waals surface area (Å²) < 4.78 is 2.18. The zero-order valence-electron chi connectivity index (χ0n) is 11.7. The van der Waals surface area contributed by atoms with Gasteiger partial charge in [-0.25, -0.2) is 4.98 Å². The first-order chi connectivity index (χ1) is 8.85. The summed E-state index contributed by atoms with van der Waals surface area (Å²) in [5.41, 5.74) is 2.00. The van der Waals surface area contributed by atoms with Crippen molar-refractivity contribution in [1.29, 1.82) is 0 Å². The highest BCUT2D eigenvalue weighted by Crippen LogP contribution is 2.24. The van der Waals surface area contributed by atoms with E-state index in [1.807, 2.05) is 18.2 Å². The minimum absolute atomic E-state index is 0.0219. The van der Waals surface area contributed by atoms with E-state index in [4.69, 9.17) is 23.2 Å². The van der Waals surface area contributed by atoms with Gasteiger partial charge in [-0.05, 0) is 46.1 Å². The van der Waals surface area contributed by atoms with Crippen molar-refractivity contribution in [2.45, 2.75) is 31.8 Å². The number of nitrogens with zero attached hydrogens (tertiary/aromatic N) is 3. The van der Waals surface area contributed by atoms with E-state index >= 15 is 0 Å². The lowest BCUT2D eigenvalue weighted by molar-refractivity contribution is 0.170. The quantitative estimate of drug-likeness (QED) is 0.801. The number of alkyl halides is 1. The third-order valence-corrected chi connectivity index (χ3v) is 4.14. The van der Waals surface area contributed by atoms with Crippen molar-refractivity contribution in [2.24, 2.45) is 0 Å². The Hall–Kier alpha value is -0.770. The Kier molecular flexibility index (Phi) is 4.09. The third-order valence-electron chi connectivity index (χ3n) is 3.66. The number of rotatable bonds is 4. The van der Waals surface area contributed by atoms with Crippen molar-refractivity contribution in [2.75, 3.05) is 14.1 Å². The Morgan fingerprint density at radius 3 is 2.58 bits per heavy atom. The van der Waals surface area contributed by atoms with Crippen LogP contribution >= 0.6 is 23.2 Å². The highest BCUT2D eigenvalue weighted by Gasteiger charge is 2.23. The van der Waals surface area contributed by atoms with Gasteiger partial charge < -0.3 is 9.47 Å². The van der Waals surface area contributed by atoms with Crippen LogP contribution in [0.1, 0.15) is 19.7 Å². The van der Waals surface area contributed by atoms with Crippen LogP contribution in [0.15, 0.2) is 18.2 Å². The number of aromatic nitrogens is 2. The fraction of sp³-hybridized carbons (Fsp3) is 0.500. The van der Waals surface area contributed by atoms with Gasteiger partial charge in [-0.15, -0.1) is 11.6 Å². The van der Waals surface area contributed by atoms with Crippen LogP contribution < -0.4 is 0 Å². The molecule has 0 spiro atoms. The van der Waals surface area contributed by atoms with Gasteiger partial charge in [-0.2, -0.15) is 0 Å². The molecule has 0 saturated heterocycles. The van der Waals surface area contributed by atoms with E-state index in [2.05, 4.69) is 42.4 Å². The van der Waals surface area contributed by atoms with Crippen LogP contribution in [-0.2, 0) is 12.4 Å². The largest absolute Gasteiger partial charge is 0.325 e. The van der Waals surface area contributed by atoms with Gasteiger partial charge >= 0.3 is 0 Å². The van der Waals surface area contributed by atoms with Crippen LogP contribution in [0.3, 0.4) is 0 Å². The number of imidazole rings is 1.